The highest BCUT2D eigenvalue weighted by molar-refractivity contribution is 5.82. The van der Waals surface area contributed by atoms with Crippen molar-refractivity contribution in [1.82, 2.24) is 0 Å². The van der Waals surface area contributed by atoms with Gasteiger partial charge in [-0.25, -0.2) is 4.79 Å². The van der Waals surface area contributed by atoms with Crippen molar-refractivity contribution in [3.63, 3.8) is 0 Å². The summed E-state index contributed by atoms with van der Waals surface area (Å²) in [5.74, 6) is -2.08. The molecule has 0 aliphatic carbocycles. The predicted octanol–water partition coefficient (Wildman–Crippen LogP) is 4.50. The van der Waals surface area contributed by atoms with E-state index in [9.17, 15) is 35.4 Å². The molecule has 2 fully saturated rings. The van der Waals surface area contributed by atoms with Gasteiger partial charge in [-0.3, -0.25) is 0 Å². The summed E-state index contributed by atoms with van der Waals surface area (Å²) < 4.78 is 26.0. The second-order valence-electron chi connectivity index (χ2n) is 16.6. The van der Waals surface area contributed by atoms with E-state index in [1.807, 2.05) is 33.8 Å². The normalized spacial score (nSPS) is 44.2. The number of hydrogen-bond acceptors (Lipinski definition) is 11. The number of esters is 1. The van der Waals surface area contributed by atoms with Gasteiger partial charge in [-0.15, -0.1) is 0 Å². The molecule has 4 aliphatic heterocycles. The Hall–Kier alpha value is -1.83. The predicted molar refractivity (Wildman–Crippen MR) is 188 cm³/mol. The molecule has 6 N–H and O–H groups in total. The first-order valence-corrected chi connectivity index (χ1v) is 18.8. The SMILES string of the molecule is CCC(O)C[C@H]1CCCC2(C[C@@H]3OC(=O)/C=C/[C@@](C)(O)[C@@H](O)[C@H](C)[C@@H](O)C[C@@H](O)[C@](C)(O)CCC/C=C/C4=C(C[C@H](O2)[C@H]3C)OC(C)(C)C4)O1. The first-order valence-electron chi connectivity index (χ1n) is 18.8. The van der Waals surface area contributed by atoms with E-state index in [-0.39, 0.29) is 24.9 Å². The van der Waals surface area contributed by atoms with Crippen LogP contribution in [0, 0.1) is 11.8 Å². The fourth-order valence-electron chi connectivity index (χ4n) is 7.87. The van der Waals surface area contributed by atoms with Gasteiger partial charge in [0.15, 0.2) is 5.79 Å². The Morgan fingerprint density at radius 2 is 1.68 bits per heavy atom. The fraction of sp³-hybridized carbons (Fsp3) is 0.821. The fourth-order valence-corrected chi connectivity index (χ4v) is 7.87. The van der Waals surface area contributed by atoms with Gasteiger partial charge in [-0.2, -0.15) is 0 Å². The number of allylic oxidation sites excluding steroid dienone is 2. The highest BCUT2D eigenvalue weighted by atomic mass is 16.7. The number of carbonyl (C=O) groups is 1. The van der Waals surface area contributed by atoms with Gasteiger partial charge in [-0.1, -0.05) is 32.9 Å². The Bertz CT molecular complexity index is 1240. The van der Waals surface area contributed by atoms with Crippen molar-refractivity contribution in [2.45, 2.75) is 191 Å². The molecule has 0 amide bonds. The third-order valence-corrected chi connectivity index (χ3v) is 11.4. The Kier molecular flexibility index (Phi) is 13.5. The largest absolute Gasteiger partial charge is 0.491 e. The molecule has 4 heterocycles. The van der Waals surface area contributed by atoms with E-state index in [1.165, 1.54) is 20.8 Å². The van der Waals surface area contributed by atoms with Gasteiger partial charge < -0.3 is 49.6 Å². The molecule has 0 saturated carbocycles. The average Bonchev–Trinajstić information content (AvgIpc) is 3.33. The lowest BCUT2D eigenvalue weighted by Gasteiger charge is -2.50. The van der Waals surface area contributed by atoms with Crippen LogP contribution in [0.5, 0.6) is 0 Å². The van der Waals surface area contributed by atoms with Crippen molar-refractivity contribution in [3.05, 3.63) is 35.6 Å². The van der Waals surface area contributed by atoms with E-state index in [2.05, 4.69) is 6.08 Å². The number of aliphatic hydroxyl groups is 6. The van der Waals surface area contributed by atoms with Crippen LogP contribution >= 0.6 is 0 Å². The number of carbonyl (C=O) groups excluding carboxylic acids is 1. The summed E-state index contributed by atoms with van der Waals surface area (Å²) in [5.41, 5.74) is -2.79. The van der Waals surface area contributed by atoms with Crippen molar-refractivity contribution in [2.24, 2.45) is 11.8 Å². The lowest BCUT2D eigenvalue weighted by atomic mass is 9.81. The van der Waals surface area contributed by atoms with Crippen LogP contribution in [-0.2, 0) is 23.7 Å². The zero-order valence-electron chi connectivity index (χ0n) is 31.2. The van der Waals surface area contributed by atoms with Crippen molar-refractivity contribution >= 4 is 5.97 Å². The molecular weight excluding hydrogens is 644 g/mol. The van der Waals surface area contributed by atoms with E-state index in [4.69, 9.17) is 18.9 Å². The second kappa shape index (κ2) is 16.5. The molecule has 4 rings (SSSR count). The van der Waals surface area contributed by atoms with E-state index in [1.54, 1.807) is 0 Å². The van der Waals surface area contributed by atoms with Gasteiger partial charge >= 0.3 is 5.97 Å². The molecule has 11 nitrogen and oxygen atoms in total. The summed E-state index contributed by atoms with van der Waals surface area (Å²) in [7, 11) is 0. The molecule has 0 aromatic rings. The number of ether oxygens (including phenoxy) is 4. The quantitative estimate of drug-likeness (QED) is 0.228. The monoisotopic (exact) mass is 708 g/mol. The molecule has 286 valence electrons. The average molecular weight is 709 g/mol. The molecule has 4 aliphatic rings. The van der Waals surface area contributed by atoms with Gasteiger partial charge in [0.2, 0.25) is 0 Å². The minimum Gasteiger partial charge on any atom is -0.491 e. The van der Waals surface area contributed by atoms with E-state index in [0.29, 0.717) is 51.4 Å². The van der Waals surface area contributed by atoms with Crippen LogP contribution in [0.1, 0.15) is 126 Å². The summed E-state index contributed by atoms with van der Waals surface area (Å²) in [6.45, 7) is 12.4. The molecule has 2 bridgehead atoms. The molecule has 0 aromatic heterocycles. The molecule has 1 spiro atoms. The van der Waals surface area contributed by atoms with Gasteiger partial charge in [0.25, 0.3) is 0 Å². The molecule has 2 unspecified atom stereocenters. The van der Waals surface area contributed by atoms with E-state index in [0.717, 1.165) is 36.3 Å². The molecule has 0 aromatic carbocycles. The molecule has 0 radical (unpaired) electrons. The number of aliphatic hydroxyl groups excluding tert-OH is 4. The smallest absolute Gasteiger partial charge is 0.330 e. The van der Waals surface area contributed by atoms with Gasteiger partial charge in [0.05, 0.1) is 42.2 Å². The minimum atomic E-state index is -1.92. The lowest BCUT2D eigenvalue weighted by molar-refractivity contribution is -0.340. The summed E-state index contributed by atoms with van der Waals surface area (Å²) in [5, 5.41) is 65.4. The third kappa shape index (κ3) is 10.4. The van der Waals surface area contributed by atoms with Crippen LogP contribution in [0.25, 0.3) is 0 Å². The standard InChI is InChI=1S/C39H64O11/c1-8-27(40)19-28-14-12-17-39(48-28)23-32-25(3)30(50-39)21-31-26(22-36(4,5)49-31)13-10-9-11-16-37(6,45)33(42)20-29(41)24(2)35(44)38(7,46)18-15-34(43)47-32/h10,13,15,18,24-25,27-30,32-33,35,40-42,44-46H,8-9,11-12,14,16-17,19-23H2,1-7H3/b13-10+,18-15+/t24-,25-,27?,28-,29+,30+,32+,33-,35+,37-,38-,39?/m1/s1. The first-order chi connectivity index (χ1) is 23.3. The van der Waals surface area contributed by atoms with E-state index < -0.39 is 71.1 Å². The second-order valence-corrected chi connectivity index (χ2v) is 16.6. The summed E-state index contributed by atoms with van der Waals surface area (Å²) in [6.07, 6.45) is 6.71. The summed E-state index contributed by atoms with van der Waals surface area (Å²) in [6, 6.07) is 0. The van der Waals surface area contributed by atoms with Crippen LogP contribution in [0.2, 0.25) is 0 Å². The Balaban J connectivity index is 1.68. The van der Waals surface area contributed by atoms with Gasteiger partial charge in [0, 0.05) is 50.0 Å². The van der Waals surface area contributed by atoms with E-state index >= 15 is 0 Å². The summed E-state index contributed by atoms with van der Waals surface area (Å²) in [4.78, 5) is 13.3. The Morgan fingerprint density at radius 3 is 2.38 bits per heavy atom. The van der Waals surface area contributed by atoms with Crippen molar-refractivity contribution < 1.29 is 54.4 Å². The lowest BCUT2D eigenvalue weighted by Crippen LogP contribution is -2.56. The zero-order valence-corrected chi connectivity index (χ0v) is 31.2. The van der Waals surface area contributed by atoms with Crippen molar-refractivity contribution in [2.75, 3.05) is 0 Å². The zero-order chi connectivity index (χ0) is 37.1. The van der Waals surface area contributed by atoms with Crippen LogP contribution in [0.15, 0.2) is 35.6 Å². The maximum Gasteiger partial charge on any atom is 0.330 e. The molecule has 12 atom stereocenters. The minimum absolute atomic E-state index is 0.203. The van der Waals surface area contributed by atoms with Crippen molar-refractivity contribution in [1.29, 1.82) is 0 Å². The first kappa shape index (κ1) is 40.9. The molecule has 2 saturated heterocycles. The van der Waals surface area contributed by atoms with Crippen molar-refractivity contribution in [3.8, 4) is 0 Å². The van der Waals surface area contributed by atoms with Crippen LogP contribution in [-0.4, -0.2) is 102 Å². The number of fused-ring (bicyclic) bond motifs is 2. The molecule has 50 heavy (non-hydrogen) atoms. The molecule has 11 heteroatoms. The van der Waals surface area contributed by atoms with Crippen LogP contribution in [0.4, 0.5) is 0 Å². The number of hydrogen-bond donors (Lipinski definition) is 6. The Labute approximate surface area is 298 Å². The molecular formula is C39H64O11. The maximum atomic E-state index is 13.3. The Morgan fingerprint density at radius 1 is 0.960 bits per heavy atom. The number of rotatable bonds is 3. The topological polar surface area (TPSA) is 175 Å². The third-order valence-electron chi connectivity index (χ3n) is 11.4. The van der Waals surface area contributed by atoms with Gasteiger partial charge in [-0.05, 0) is 84.3 Å². The highest BCUT2D eigenvalue weighted by Crippen LogP contribution is 2.46. The highest BCUT2D eigenvalue weighted by Gasteiger charge is 2.51. The van der Waals surface area contributed by atoms with Crippen LogP contribution in [0.3, 0.4) is 0 Å². The summed E-state index contributed by atoms with van der Waals surface area (Å²) >= 11 is 0. The maximum absolute atomic E-state index is 13.3. The van der Waals surface area contributed by atoms with Crippen LogP contribution < -0.4 is 0 Å². The van der Waals surface area contributed by atoms with Gasteiger partial charge in [0.1, 0.15) is 23.1 Å².